The molecule has 168 valence electrons. The Labute approximate surface area is 197 Å². The predicted molar refractivity (Wildman–Crippen MR) is 129 cm³/mol. The van der Waals surface area contributed by atoms with Crippen LogP contribution in [0.2, 0.25) is 5.02 Å². The fourth-order valence-corrected chi connectivity index (χ4v) is 3.92. The zero-order valence-corrected chi connectivity index (χ0v) is 19.0. The van der Waals surface area contributed by atoms with Gasteiger partial charge in [0.25, 0.3) is 5.91 Å². The van der Waals surface area contributed by atoms with Crippen molar-refractivity contribution in [3.8, 4) is 17.2 Å². The minimum atomic E-state index is -0.397. The highest BCUT2D eigenvalue weighted by molar-refractivity contribution is 6.31. The van der Waals surface area contributed by atoms with Crippen molar-refractivity contribution >= 4 is 29.3 Å². The molecule has 1 atom stereocenters. The van der Waals surface area contributed by atoms with Crippen molar-refractivity contribution in [1.82, 2.24) is 5.01 Å². The van der Waals surface area contributed by atoms with Crippen LogP contribution in [0, 0.1) is 0 Å². The number of carbonyl (C=O) groups excluding carboxylic acids is 1. The van der Waals surface area contributed by atoms with Gasteiger partial charge < -0.3 is 14.6 Å². The van der Waals surface area contributed by atoms with Crippen LogP contribution in [0.15, 0.2) is 77.9 Å². The molecule has 6 nitrogen and oxygen atoms in total. The number of methoxy groups -OCH3 is 2. The lowest BCUT2D eigenvalue weighted by Crippen LogP contribution is -2.25. The topological polar surface area (TPSA) is 71.4 Å². The number of hydrogen-bond acceptors (Lipinski definition) is 5. The first kappa shape index (κ1) is 22.4. The van der Waals surface area contributed by atoms with E-state index in [0.29, 0.717) is 34.2 Å². The molecule has 1 heterocycles. The molecule has 3 aromatic rings. The molecular formula is C26H23ClN2O4. The number of aromatic hydroxyl groups is 1. The third-order valence-corrected chi connectivity index (χ3v) is 5.65. The van der Waals surface area contributed by atoms with Crippen molar-refractivity contribution in [2.45, 2.75) is 12.5 Å². The summed E-state index contributed by atoms with van der Waals surface area (Å²) in [6.07, 6.45) is 3.64. The van der Waals surface area contributed by atoms with Gasteiger partial charge in [0.15, 0.2) is 11.5 Å². The molecule has 0 saturated carbocycles. The maximum Gasteiger partial charge on any atom is 0.267 e. The second-order valence-corrected chi connectivity index (χ2v) is 7.91. The Morgan fingerprint density at radius 2 is 1.82 bits per heavy atom. The van der Waals surface area contributed by atoms with Gasteiger partial charge in [-0.15, -0.1) is 0 Å². The largest absolute Gasteiger partial charge is 0.507 e. The predicted octanol–water partition coefficient (Wildman–Crippen LogP) is 5.45. The fourth-order valence-electron chi connectivity index (χ4n) is 3.74. The average Bonchev–Trinajstić information content (AvgIpc) is 3.29. The highest BCUT2D eigenvalue weighted by Gasteiger charge is 2.33. The Morgan fingerprint density at radius 1 is 1.06 bits per heavy atom. The molecule has 0 aromatic heterocycles. The van der Waals surface area contributed by atoms with E-state index in [0.717, 1.165) is 11.1 Å². The zero-order chi connectivity index (χ0) is 23.4. The summed E-state index contributed by atoms with van der Waals surface area (Å²) in [6, 6.07) is 19.4. The Kier molecular flexibility index (Phi) is 6.66. The van der Waals surface area contributed by atoms with Gasteiger partial charge in [0.1, 0.15) is 5.75 Å². The van der Waals surface area contributed by atoms with E-state index in [1.165, 1.54) is 17.2 Å². The minimum Gasteiger partial charge on any atom is -0.507 e. The summed E-state index contributed by atoms with van der Waals surface area (Å²) in [4.78, 5) is 13.2. The van der Waals surface area contributed by atoms with Crippen molar-refractivity contribution in [1.29, 1.82) is 0 Å². The molecular weight excluding hydrogens is 440 g/mol. The van der Waals surface area contributed by atoms with Crippen molar-refractivity contribution in [2.75, 3.05) is 14.2 Å². The zero-order valence-electron chi connectivity index (χ0n) is 18.2. The van der Waals surface area contributed by atoms with Gasteiger partial charge in [-0.3, -0.25) is 4.79 Å². The van der Waals surface area contributed by atoms with Crippen molar-refractivity contribution < 1.29 is 19.4 Å². The van der Waals surface area contributed by atoms with Gasteiger partial charge in [-0.1, -0.05) is 48.0 Å². The van der Waals surface area contributed by atoms with Gasteiger partial charge in [-0.05, 0) is 47.5 Å². The quantitative estimate of drug-likeness (QED) is 0.494. The number of phenols is 1. The van der Waals surface area contributed by atoms with E-state index >= 15 is 0 Å². The van der Waals surface area contributed by atoms with E-state index in [9.17, 15) is 9.90 Å². The van der Waals surface area contributed by atoms with Gasteiger partial charge in [-0.25, -0.2) is 5.01 Å². The monoisotopic (exact) mass is 462 g/mol. The van der Waals surface area contributed by atoms with Crippen LogP contribution < -0.4 is 9.47 Å². The summed E-state index contributed by atoms with van der Waals surface area (Å²) < 4.78 is 10.8. The number of halogens is 1. The van der Waals surface area contributed by atoms with E-state index in [-0.39, 0.29) is 11.7 Å². The maximum atomic E-state index is 13.2. The lowest BCUT2D eigenvalue weighted by Gasteiger charge is -2.21. The average molecular weight is 463 g/mol. The van der Waals surface area contributed by atoms with Gasteiger partial charge in [0.05, 0.1) is 26.0 Å². The Balaban J connectivity index is 1.72. The minimum absolute atomic E-state index is 0.0540. The van der Waals surface area contributed by atoms with E-state index in [2.05, 4.69) is 5.10 Å². The highest BCUT2D eigenvalue weighted by atomic mass is 35.5. The molecule has 0 aliphatic carbocycles. The number of phenolic OH excluding ortho intramolecular Hbond substituents is 1. The summed E-state index contributed by atoms with van der Waals surface area (Å²) in [6.45, 7) is 0. The Morgan fingerprint density at radius 3 is 2.55 bits per heavy atom. The third-order valence-electron chi connectivity index (χ3n) is 5.42. The molecule has 1 amide bonds. The molecule has 1 aliphatic rings. The molecule has 1 unspecified atom stereocenters. The first-order chi connectivity index (χ1) is 16.0. The van der Waals surface area contributed by atoms with Gasteiger partial charge in [0.2, 0.25) is 0 Å². The fraction of sp³-hybridized carbons (Fsp3) is 0.154. The van der Waals surface area contributed by atoms with Crippen LogP contribution in [0.3, 0.4) is 0 Å². The molecule has 3 aromatic carbocycles. The smallest absolute Gasteiger partial charge is 0.267 e. The van der Waals surface area contributed by atoms with Crippen LogP contribution in [0.4, 0.5) is 0 Å². The highest BCUT2D eigenvalue weighted by Crippen LogP contribution is 2.39. The summed E-state index contributed by atoms with van der Waals surface area (Å²) >= 11 is 6.15. The number of hydrazone groups is 1. The first-order valence-electron chi connectivity index (χ1n) is 10.3. The molecule has 33 heavy (non-hydrogen) atoms. The molecule has 4 rings (SSSR count). The number of nitrogens with zero attached hydrogens (tertiary/aromatic N) is 2. The molecule has 0 bridgehead atoms. The molecule has 1 N–H and O–H groups in total. The summed E-state index contributed by atoms with van der Waals surface area (Å²) in [5.74, 6) is 0.921. The number of rotatable bonds is 6. The Bertz CT molecular complexity index is 1220. The molecule has 0 radical (unpaired) electrons. The SMILES string of the molecule is COc1ccc(C2CC(c3cc(Cl)ccc3O)=NN2C(=O)C=Cc2ccccc2)cc1OC. The van der Waals surface area contributed by atoms with Gasteiger partial charge >= 0.3 is 0 Å². The third kappa shape index (κ3) is 4.86. The van der Waals surface area contributed by atoms with Crippen molar-refractivity contribution in [3.05, 3.63) is 94.5 Å². The normalized spacial score (nSPS) is 15.5. The van der Waals surface area contributed by atoms with E-state index in [4.69, 9.17) is 21.1 Å². The van der Waals surface area contributed by atoms with E-state index < -0.39 is 6.04 Å². The standard InChI is InChI=1S/C26H23ClN2O4/c1-32-24-12-9-18(14-25(24)33-2)22-16-21(20-15-19(27)10-11-23(20)30)28-29(22)26(31)13-8-17-6-4-3-5-7-17/h3-15,22,30H,16H2,1-2H3. The van der Waals surface area contributed by atoms with Crippen molar-refractivity contribution in [2.24, 2.45) is 5.10 Å². The maximum absolute atomic E-state index is 13.2. The second-order valence-electron chi connectivity index (χ2n) is 7.47. The van der Waals surface area contributed by atoms with Crippen LogP contribution in [0.1, 0.15) is 29.2 Å². The van der Waals surface area contributed by atoms with E-state index in [1.807, 2.05) is 42.5 Å². The molecule has 0 fully saturated rings. The van der Waals surface area contributed by atoms with Crippen LogP contribution in [-0.2, 0) is 4.79 Å². The van der Waals surface area contributed by atoms with Crippen LogP contribution in [-0.4, -0.2) is 36.0 Å². The van der Waals surface area contributed by atoms with Crippen LogP contribution >= 0.6 is 11.6 Å². The van der Waals surface area contributed by atoms with Crippen LogP contribution in [0.5, 0.6) is 17.2 Å². The second kappa shape index (κ2) is 9.79. The lowest BCUT2D eigenvalue weighted by molar-refractivity contribution is -0.127. The Hall–Kier alpha value is -3.77. The van der Waals surface area contributed by atoms with E-state index in [1.54, 1.807) is 38.5 Å². The summed E-state index contributed by atoms with van der Waals surface area (Å²) in [7, 11) is 3.13. The van der Waals surface area contributed by atoms with Crippen molar-refractivity contribution in [3.63, 3.8) is 0 Å². The number of benzene rings is 3. The first-order valence-corrected chi connectivity index (χ1v) is 10.7. The van der Waals surface area contributed by atoms with Gasteiger partial charge in [0, 0.05) is 23.1 Å². The molecule has 0 saturated heterocycles. The number of hydrogen-bond donors (Lipinski definition) is 1. The van der Waals surface area contributed by atoms with Crippen LogP contribution in [0.25, 0.3) is 6.08 Å². The lowest BCUT2D eigenvalue weighted by atomic mass is 9.97. The molecule has 7 heteroatoms. The number of amides is 1. The summed E-state index contributed by atoms with van der Waals surface area (Å²) in [5.41, 5.74) is 2.80. The summed E-state index contributed by atoms with van der Waals surface area (Å²) in [5, 5.41) is 16.9. The molecule has 1 aliphatic heterocycles. The number of ether oxygens (including phenoxy) is 2. The van der Waals surface area contributed by atoms with Gasteiger partial charge in [-0.2, -0.15) is 5.10 Å². The number of carbonyl (C=O) groups is 1. The molecule has 0 spiro atoms.